The van der Waals surface area contributed by atoms with Crippen LogP contribution in [0.2, 0.25) is 0 Å². The molecule has 2 aromatic carbocycles. The van der Waals surface area contributed by atoms with Crippen molar-refractivity contribution in [2.24, 2.45) is 0 Å². The standard InChI is InChI=1S/C20H20N2O5/c23-17-4-2-1-3-16(17)19(25)22-11-9-15(10-12-22)21-18(24)13-5-7-14(8-6-13)20(26)27/h1-8,15,23H,9-12H2,(H,21,24)(H,26,27). The molecule has 7 nitrogen and oxygen atoms in total. The van der Waals surface area contributed by atoms with Crippen LogP contribution in [0.25, 0.3) is 0 Å². The summed E-state index contributed by atoms with van der Waals surface area (Å²) >= 11 is 0. The van der Waals surface area contributed by atoms with E-state index in [1.165, 1.54) is 30.3 Å². The Hall–Kier alpha value is -3.35. The van der Waals surface area contributed by atoms with E-state index in [9.17, 15) is 19.5 Å². The number of likely N-dealkylation sites (tertiary alicyclic amines) is 1. The molecule has 27 heavy (non-hydrogen) atoms. The molecule has 3 rings (SSSR count). The molecular formula is C20H20N2O5. The van der Waals surface area contributed by atoms with Crippen LogP contribution in [0.3, 0.4) is 0 Å². The number of benzene rings is 2. The summed E-state index contributed by atoms with van der Waals surface area (Å²) in [5, 5.41) is 21.6. The number of nitrogens with zero attached hydrogens (tertiary/aromatic N) is 1. The predicted octanol–water partition coefficient (Wildman–Crippen LogP) is 2.12. The first-order valence-electron chi connectivity index (χ1n) is 8.67. The van der Waals surface area contributed by atoms with E-state index in [0.29, 0.717) is 31.5 Å². The molecule has 2 aromatic rings. The second-order valence-electron chi connectivity index (χ2n) is 6.44. The molecule has 1 fully saturated rings. The summed E-state index contributed by atoms with van der Waals surface area (Å²) in [5.41, 5.74) is 0.800. The molecule has 7 heteroatoms. The van der Waals surface area contributed by atoms with Crippen molar-refractivity contribution in [3.63, 3.8) is 0 Å². The highest BCUT2D eigenvalue weighted by atomic mass is 16.4. The highest BCUT2D eigenvalue weighted by molar-refractivity contribution is 5.97. The summed E-state index contributed by atoms with van der Waals surface area (Å²) in [7, 11) is 0. The normalized spacial score (nSPS) is 14.6. The lowest BCUT2D eigenvalue weighted by molar-refractivity contribution is 0.0683. The Morgan fingerprint density at radius 1 is 0.926 bits per heavy atom. The third-order valence-electron chi connectivity index (χ3n) is 4.65. The van der Waals surface area contributed by atoms with E-state index < -0.39 is 5.97 Å². The Morgan fingerprint density at radius 2 is 1.52 bits per heavy atom. The van der Waals surface area contributed by atoms with E-state index in [1.807, 2.05) is 0 Å². The summed E-state index contributed by atoms with van der Waals surface area (Å²) in [5.74, 6) is -1.56. The van der Waals surface area contributed by atoms with Gasteiger partial charge in [-0.1, -0.05) is 12.1 Å². The average Bonchev–Trinajstić information content (AvgIpc) is 2.68. The Morgan fingerprint density at radius 3 is 2.11 bits per heavy atom. The third-order valence-corrected chi connectivity index (χ3v) is 4.65. The van der Waals surface area contributed by atoms with Crippen LogP contribution in [0.4, 0.5) is 0 Å². The van der Waals surface area contributed by atoms with Crippen molar-refractivity contribution in [2.75, 3.05) is 13.1 Å². The smallest absolute Gasteiger partial charge is 0.335 e. The molecule has 2 amide bonds. The molecule has 0 unspecified atom stereocenters. The lowest BCUT2D eigenvalue weighted by Crippen LogP contribution is -2.46. The van der Waals surface area contributed by atoms with Gasteiger partial charge in [0.05, 0.1) is 11.1 Å². The molecule has 0 atom stereocenters. The number of carbonyl (C=O) groups excluding carboxylic acids is 2. The molecule has 1 aliphatic heterocycles. The number of phenolic OH excluding ortho intramolecular Hbond substituents is 1. The molecule has 0 aromatic heterocycles. The number of aromatic hydroxyl groups is 1. The number of carboxylic acid groups (broad SMARTS) is 1. The molecule has 1 saturated heterocycles. The Bertz CT molecular complexity index is 855. The molecule has 0 bridgehead atoms. The summed E-state index contributed by atoms with van der Waals surface area (Å²) in [6, 6.07) is 12.1. The summed E-state index contributed by atoms with van der Waals surface area (Å²) < 4.78 is 0. The van der Waals surface area contributed by atoms with Crippen molar-refractivity contribution in [3.8, 4) is 5.75 Å². The molecule has 1 heterocycles. The predicted molar refractivity (Wildman–Crippen MR) is 97.9 cm³/mol. The fraction of sp³-hybridized carbons (Fsp3) is 0.250. The second kappa shape index (κ2) is 7.90. The van der Waals surface area contributed by atoms with Gasteiger partial charge < -0.3 is 20.4 Å². The van der Waals surface area contributed by atoms with Gasteiger partial charge >= 0.3 is 5.97 Å². The molecule has 1 aliphatic rings. The van der Waals surface area contributed by atoms with E-state index in [4.69, 9.17) is 5.11 Å². The largest absolute Gasteiger partial charge is 0.507 e. The minimum absolute atomic E-state index is 0.0391. The minimum atomic E-state index is -1.04. The monoisotopic (exact) mass is 368 g/mol. The lowest BCUT2D eigenvalue weighted by atomic mass is 10.0. The summed E-state index contributed by atoms with van der Waals surface area (Å²) in [6.45, 7) is 0.964. The van der Waals surface area contributed by atoms with Crippen molar-refractivity contribution in [2.45, 2.75) is 18.9 Å². The first-order chi connectivity index (χ1) is 13.0. The number of para-hydroxylation sites is 1. The van der Waals surface area contributed by atoms with Gasteiger partial charge in [0.2, 0.25) is 0 Å². The van der Waals surface area contributed by atoms with Gasteiger partial charge in [-0.2, -0.15) is 0 Å². The van der Waals surface area contributed by atoms with Crippen LogP contribution in [0.5, 0.6) is 5.75 Å². The molecule has 0 aliphatic carbocycles. The molecule has 0 spiro atoms. The number of hydrogen-bond acceptors (Lipinski definition) is 4. The molecule has 3 N–H and O–H groups in total. The van der Waals surface area contributed by atoms with Crippen LogP contribution in [-0.2, 0) is 0 Å². The van der Waals surface area contributed by atoms with Gasteiger partial charge in [0.1, 0.15) is 5.75 Å². The quantitative estimate of drug-likeness (QED) is 0.766. The highest BCUT2D eigenvalue weighted by Gasteiger charge is 2.26. The zero-order valence-electron chi connectivity index (χ0n) is 14.6. The van der Waals surface area contributed by atoms with Crippen LogP contribution in [0.1, 0.15) is 43.9 Å². The van der Waals surface area contributed by atoms with Crippen LogP contribution >= 0.6 is 0 Å². The first-order valence-corrected chi connectivity index (χ1v) is 8.67. The maximum absolute atomic E-state index is 12.5. The summed E-state index contributed by atoms with van der Waals surface area (Å²) in [6.07, 6.45) is 1.22. The molecule has 0 radical (unpaired) electrons. The van der Waals surface area contributed by atoms with Crippen molar-refractivity contribution in [1.29, 1.82) is 0 Å². The van der Waals surface area contributed by atoms with E-state index in [-0.39, 0.29) is 34.7 Å². The zero-order valence-corrected chi connectivity index (χ0v) is 14.6. The van der Waals surface area contributed by atoms with Gasteiger partial charge in [-0.05, 0) is 49.2 Å². The maximum Gasteiger partial charge on any atom is 0.335 e. The fourth-order valence-electron chi connectivity index (χ4n) is 3.08. The van der Waals surface area contributed by atoms with Gasteiger partial charge in [-0.25, -0.2) is 4.79 Å². The van der Waals surface area contributed by atoms with Crippen LogP contribution in [0, 0.1) is 0 Å². The second-order valence-corrected chi connectivity index (χ2v) is 6.44. The number of piperidine rings is 1. The van der Waals surface area contributed by atoms with Crippen LogP contribution in [-0.4, -0.2) is 52.0 Å². The fourth-order valence-corrected chi connectivity index (χ4v) is 3.08. The number of aromatic carboxylic acids is 1. The number of rotatable bonds is 4. The van der Waals surface area contributed by atoms with Crippen molar-refractivity contribution >= 4 is 17.8 Å². The SMILES string of the molecule is O=C(O)c1ccc(C(=O)NC2CCN(C(=O)c3ccccc3O)CC2)cc1. The number of carbonyl (C=O) groups is 3. The minimum Gasteiger partial charge on any atom is -0.507 e. The lowest BCUT2D eigenvalue weighted by Gasteiger charge is -2.32. The Balaban J connectivity index is 1.55. The van der Waals surface area contributed by atoms with Gasteiger partial charge in [0.25, 0.3) is 11.8 Å². The molecular weight excluding hydrogens is 348 g/mol. The van der Waals surface area contributed by atoms with E-state index >= 15 is 0 Å². The van der Waals surface area contributed by atoms with Gasteiger partial charge in [0.15, 0.2) is 0 Å². The number of hydrogen-bond donors (Lipinski definition) is 3. The van der Waals surface area contributed by atoms with Gasteiger partial charge in [-0.3, -0.25) is 9.59 Å². The van der Waals surface area contributed by atoms with Crippen LogP contribution < -0.4 is 5.32 Å². The van der Waals surface area contributed by atoms with Gasteiger partial charge in [0, 0.05) is 24.7 Å². The van der Waals surface area contributed by atoms with E-state index in [1.54, 1.807) is 23.1 Å². The topological polar surface area (TPSA) is 107 Å². The highest BCUT2D eigenvalue weighted by Crippen LogP contribution is 2.20. The van der Waals surface area contributed by atoms with E-state index in [2.05, 4.69) is 5.32 Å². The zero-order chi connectivity index (χ0) is 19.4. The Kier molecular flexibility index (Phi) is 5.40. The number of amides is 2. The number of carboxylic acids is 1. The third kappa shape index (κ3) is 4.25. The van der Waals surface area contributed by atoms with Crippen molar-refractivity contribution in [3.05, 3.63) is 65.2 Å². The number of phenols is 1. The Labute approximate surface area is 156 Å². The van der Waals surface area contributed by atoms with Crippen molar-refractivity contribution in [1.82, 2.24) is 10.2 Å². The van der Waals surface area contributed by atoms with Crippen LogP contribution in [0.15, 0.2) is 48.5 Å². The molecule has 140 valence electrons. The maximum atomic E-state index is 12.5. The van der Waals surface area contributed by atoms with Crippen molar-refractivity contribution < 1.29 is 24.6 Å². The first kappa shape index (κ1) is 18.4. The van der Waals surface area contributed by atoms with E-state index in [0.717, 1.165) is 0 Å². The summed E-state index contributed by atoms with van der Waals surface area (Å²) in [4.78, 5) is 37.3. The number of nitrogens with one attached hydrogen (secondary N) is 1. The molecule has 0 saturated carbocycles. The van der Waals surface area contributed by atoms with Gasteiger partial charge in [-0.15, -0.1) is 0 Å². The average molecular weight is 368 g/mol.